The zero-order valence-electron chi connectivity index (χ0n) is 38.7. The van der Waals surface area contributed by atoms with Gasteiger partial charge in [0.05, 0.1) is 42.7 Å². The Morgan fingerprint density at radius 3 is 2.18 bits per heavy atom. The van der Waals surface area contributed by atoms with Gasteiger partial charge in [0.1, 0.15) is 35.6 Å². The van der Waals surface area contributed by atoms with Crippen LogP contribution in [0.5, 0.6) is 0 Å². The molecule has 2 bridgehead atoms. The minimum Gasteiger partial charge on any atom is -0.455 e. The predicted molar refractivity (Wildman–Crippen MR) is 228 cm³/mol. The summed E-state index contributed by atoms with van der Waals surface area (Å²) in [7, 11) is 0. The fourth-order valence-electron chi connectivity index (χ4n) is 10.2. The summed E-state index contributed by atoms with van der Waals surface area (Å²) in [5, 5.41) is 40.5. The number of primary amides is 1. The van der Waals surface area contributed by atoms with E-state index in [1.54, 1.807) is 39.0 Å². The fraction of sp³-hybridized carbons (Fsp3) is 0.652. The van der Waals surface area contributed by atoms with Gasteiger partial charge in [0.2, 0.25) is 12.0 Å². The highest BCUT2D eigenvalue weighted by Crippen LogP contribution is 2.64. The van der Waals surface area contributed by atoms with Gasteiger partial charge in [0, 0.05) is 36.2 Å². The number of carbonyl (C=O) groups excluding carboxylic acids is 8. The molecule has 1 aliphatic heterocycles. The molecule has 368 valence electrons. The van der Waals surface area contributed by atoms with Gasteiger partial charge in [-0.1, -0.05) is 39.0 Å². The van der Waals surface area contributed by atoms with E-state index >= 15 is 4.79 Å². The van der Waals surface area contributed by atoms with Crippen molar-refractivity contribution in [2.45, 2.75) is 153 Å². The molecule has 2 amide bonds. The van der Waals surface area contributed by atoms with Crippen molar-refractivity contribution in [2.75, 3.05) is 13.2 Å². The van der Waals surface area contributed by atoms with Crippen molar-refractivity contribution in [3.8, 4) is 0 Å². The number of rotatable bonds is 14. The molecule has 1 heterocycles. The molecule has 0 radical (unpaired) electrons. The molecule has 67 heavy (non-hydrogen) atoms. The van der Waals surface area contributed by atoms with Crippen molar-refractivity contribution in [1.82, 2.24) is 5.32 Å². The highest BCUT2D eigenvalue weighted by Gasteiger charge is 2.78. The topological polar surface area (TPSA) is 326 Å². The maximum absolute atomic E-state index is 15.0. The average molecular weight is 944 g/mol. The first-order chi connectivity index (χ1) is 31.1. The summed E-state index contributed by atoms with van der Waals surface area (Å²) in [6, 6.07) is 4.96. The van der Waals surface area contributed by atoms with E-state index in [-0.39, 0.29) is 29.7 Å². The zero-order chi connectivity index (χ0) is 49.8. The van der Waals surface area contributed by atoms with E-state index < -0.39 is 155 Å². The number of ether oxygens (including phenoxy) is 7. The summed E-state index contributed by atoms with van der Waals surface area (Å²) in [6.07, 6.45) is -11.8. The number of nitrogens with two attached hydrogens (primary N) is 2. The molecule has 4 fully saturated rings. The lowest BCUT2D eigenvalue weighted by Gasteiger charge is -2.68. The van der Waals surface area contributed by atoms with Crippen LogP contribution in [0.4, 0.5) is 4.79 Å². The maximum atomic E-state index is 15.0. The van der Waals surface area contributed by atoms with E-state index in [9.17, 15) is 48.9 Å². The van der Waals surface area contributed by atoms with E-state index in [0.717, 1.165) is 6.92 Å². The molecule has 0 aromatic heterocycles. The molecule has 21 heteroatoms. The van der Waals surface area contributed by atoms with Gasteiger partial charge in [-0.15, -0.1) is 0 Å². The highest BCUT2D eigenvalue weighted by molar-refractivity contribution is 6.02. The SMILES string of the molecule is CC(=O)O[C@@]12CO[C@@H]1C[C@H](O)[C@@]1(C)C(O)C(=O)C3=C(C)[C@@H](OC(=O)[C@H](OC(=O)COC(=O)C[C@H](N)C(N)=O)[C@@H](NC(=O)OC(C)(C)C)C4CC4)C[C@@](O)([C@@H](OC(=O)c4ccccc4)[C@H]21)C3(C)C. The Balaban J connectivity index is 1.45. The number of amides is 2. The summed E-state index contributed by atoms with van der Waals surface area (Å²) < 4.78 is 40.3. The highest BCUT2D eigenvalue weighted by atomic mass is 16.6. The molecule has 1 unspecified atom stereocenters. The Bertz CT molecular complexity index is 2200. The van der Waals surface area contributed by atoms with Gasteiger partial charge < -0.3 is 65.3 Å². The Morgan fingerprint density at radius 2 is 1.63 bits per heavy atom. The van der Waals surface area contributed by atoms with Gasteiger partial charge in [-0.2, -0.15) is 0 Å². The largest absolute Gasteiger partial charge is 0.455 e. The summed E-state index contributed by atoms with van der Waals surface area (Å²) in [5.41, 5.74) is 1.42. The van der Waals surface area contributed by atoms with Crippen LogP contribution in [-0.2, 0) is 61.9 Å². The number of esters is 5. The van der Waals surface area contributed by atoms with Crippen molar-refractivity contribution in [3.05, 3.63) is 47.0 Å². The molecule has 5 aliphatic rings. The minimum atomic E-state index is -2.49. The van der Waals surface area contributed by atoms with E-state index in [2.05, 4.69) is 5.32 Å². The molecule has 1 aromatic rings. The van der Waals surface area contributed by atoms with Gasteiger partial charge >= 0.3 is 35.9 Å². The first-order valence-electron chi connectivity index (χ1n) is 22.1. The van der Waals surface area contributed by atoms with E-state index in [1.165, 1.54) is 39.8 Å². The number of nitrogens with one attached hydrogen (secondary N) is 1. The standard InChI is InChI=1S/C46H61N3O18/c1-21-26(63-40(58)34(32(23-14-15-23)49-41(59)67-42(3,4)5)64-30(53)19-61-29(52)16-25(47)38(48)56)18-46(60)37(65-39(57)24-12-10-9-11-13-24)35-44(8,36(55)33(54)31(21)43(46,6)7)27(51)17-28-45(35,20-62-28)66-22(2)50/h9-13,23,25-28,32,34-37,51,55,60H,14-20,47H2,1-8H3,(H2,48,56)(H,49,59)/t25-,26-,27-,28+,32-,34+,35-,36?,37-,44+,45-,46+/m0/s1. The van der Waals surface area contributed by atoms with Crippen LogP contribution in [0.3, 0.4) is 0 Å². The molecule has 3 saturated carbocycles. The number of ketones is 1. The summed E-state index contributed by atoms with van der Waals surface area (Å²) in [6.45, 7) is 10.3. The third-order valence-corrected chi connectivity index (χ3v) is 13.9. The molecule has 8 N–H and O–H groups in total. The Labute approximate surface area is 386 Å². The third-order valence-electron chi connectivity index (χ3n) is 13.9. The number of hydrogen-bond donors (Lipinski definition) is 6. The average Bonchev–Trinajstić information content (AvgIpc) is 4.08. The lowest BCUT2D eigenvalue weighted by Crippen LogP contribution is -2.82. The smallest absolute Gasteiger partial charge is 0.408 e. The van der Waals surface area contributed by atoms with Crippen LogP contribution < -0.4 is 16.8 Å². The first-order valence-corrected chi connectivity index (χ1v) is 22.1. The molecule has 1 aromatic carbocycles. The lowest BCUT2D eigenvalue weighted by atomic mass is 9.44. The first kappa shape index (κ1) is 50.9. The second-order valence-corrected chi connectivity index (χ2v) is 19.9. The van der Waals surface area contributed by atoms with Crippen LogP contribution in [0, 0.1) is 22.7 Å². The van der Waals surface area contributed by atoms with E-state index in [1.807, 2.05) is 0 Å². The number of hydrogen-bond acceptors (Lipinski definition) is 19. The number of benzene rings is 1. The molecular formula is C46H61N3O18. The second-order valence-electron chi connectivity index (χ2n) is 19.9. The van der Waals surface area contributed by atoms with Gasteiger partial charge in [-0.3, -0.25) is 19.2 Å². The molecular weight excluding hydrogens is 883 g/mol. The lowest BCUT2D eigenvalue weighted by molar-refractivity contribution is -0.357. The molecule has 1 saturated heterocycles. The fourth-order valence-corrected chi connectivity index (χ4v) is 10.2. The Morgan fingerprint density at radius 1 is 0.985 bits per heavy atom. The van der Waals surface area contributed by atoms with Gasteiger partial charge in [-0.25, -0.2) is 19.2 Å². The minimum absolute atomic E-state index is 0.0278. The molecule has 0 spiro atoms. The predicted octanol–water partition coefficient (Wildman–Crippen LogP) is 0.594. The van der Waals surface area contributed by atoms with Gasteiger partial charge in [0.25, 0.3) is 0 Å². The zero-order valence-corrected chi connectivity index (χ0v) is 38.7. The van der Waals surface area contributed by atoms with E-state index in [4.69, 9.17) is 44.6 Å². The monoisotopic (exact) mass is 943 g/mol. The van der Waals surface area contributed by atoms with Gasteiger partial charge in [-0.05, 0) is 64.2 Å². The normalized spacial score (nSPS) is 32.1. The number of fused-ring (bicyclic) bond motifs is 5. The van der Waals surface area contributed by atoms with Crippen LogP contribution in [0.1, 0.15) is 97.9 Å². The van der Waals surface area contributed by atoms with Crippen LogP contribution in [0.15, 0.2) is 41.5 Å². The van der Waals surface area contributed by atoms with Crippen LogP contribution in [-0.4, -0.2) is 142 Å². The Hall–Kier alpha value is -5.48. The summed E-state index contributed by atoms with van der Waals surface area (Å²) in [4.78, 5) is 107. The molecule has 12 atom stereocenters. The number of aliphatic hydroxyl groups excluding tert-OH is 2. The second kappa shape index (κ2) is 18.5. The van der Waals surface area contributed by atoms with Crippen molar-refractivity contribution in [3.63, 3.8) is 0 Å². The number of alkyl carbamates (subject to hydrolysis) is 1. The van der Waals surface area contributed by atoms with Crippen molar-refractivity contribution < 1.29 is 86.8 Å². The van der Waals surface area contributed by atoms with Crippen molar-refractivity contribution in [1.29, 1.82) is 0 Å². The van der Waals surface area contributed by atoms with Crippen LogP contribution >= 0.6 is 0 Å². The van der Waals surface area contributed by atoms with Crippen molar-refractivity contribution in [2.24, 2.45) is 34.1 Å². The summed E-state index contributed by atoms with van der Waals surface area (Å²) in [5.74, 6) is -9.51. The van der Waals surface area contributed by atoms with Crippen LogP contribution in [0.2, 0.25) is 0 Å². The number of Topliss-reactive ketones (excluding diaryl/α,β-unsaturated/α-hetero) is 1. The molecule has 6 rings (SSSR count). The van der Waals surface area contributed by atoms with Crippen molar-refractivity contribution >= 4 is 47.6 Å². The Kier molecular flexibility index (Phi) is 14.1. The third kappa shape index (κ3) is 9.65. The number of aliphatic hydroxyl groups is 3. The number of carbonyl (C=O) groups is 8. The summed E-state index contributed by atoms with van der Waals surface area (Å²) >= 11 is 0. The molecule has 4 aliphatic carbocycles. The van der Waals surface area contributed by atoms with Gasteiger partial charge in [0.15, 0.2) is 18.0 Å². The van der Waals surface area contributed by atoms with E-state index in [0.29, 0.717) is 12.8 Å². The quantitative estimate of drug-likeness (QED) is 0.110. The van der Waals surface area contributed by atoms with Crippen LogP contribution in [0.25, 0.3) is 0 Å². The maximum Gasteiger partial charge on any atom is 0.408 e. The molecule has 21 nitrogen and oxygen atoms in total.